The van der Waals surface area contributed by atoms with Gasteiger partial charge in [0.05, 0.1) is 10.4 Å². The molecule has 0 unspecified atom stereocenters. The van der Waals surface area contributed by atoms with Gasteiger partial charge in [-0.25, -0.2) is 19.9 Å². The standard InChI is InChI=1S/C21H21ClN8S/c1-2-13-16(22)15-18(27-13)28-20(29-19(15)30-9-11(10-30)21(23)3-4-21)31-12-7-14-17(26-8-12)25-6-5-24-14/h5-8,11H,2-4,9-10,23H2,1H3,(H,27,28,29). The molecule has 0 atom stereocenters. The summed E-state index contributed by atoms with van der Waals surface area (Å²) >= 11 is 8.17. The molecule has 0 bridgehead atoms. The fourth-order valence-corrected chi connectivity index (χ4v) is 5.27. The summed E-state index contributed by atoms with van der Waals surface area (Å²) in [5, 5.41) is 2.25. The van der Waals surface area contributed by atoms with Crippen LogP contribution in [0.15, 0.2) is 34.7 Å². The molecule has 1 aliphatic heterocycles. The van der Waals surface area contributed by atoms with Crippen molar-refractivity contribution in [2.45, 2.75) is 41.8 Å². The number of nitrogens with two attached hydrogens (primary N) is 1. The van der Waals surface area contributed by atoms with Crippen LogP contribution in [0, 0.1) is 5.92 Å². The van der Waals surface area contributed by atoms with E-state index in [0.29, 0.717) is 21.7 Å². The van der Waals surface area contributed by atoms with Crippen LogP contribution in [-0.2, 0) is 6.42 Å². The summed E-state index contributed by atoms with van der Waals surface area (Å²) in [6.45, 7) is 3.89. The molecular formula is C21H21ClN8S. The third-order valence-electron chi connectivity index (χ3n) is 6.31. The lowest BCUT2D eigenvalue weighted by Crippen LogP contribution is -2.56. The second-order valence-electron chi connectivity index (χ2n) is 8.33. The highest BCUT2D eigenvalue weighted by molar-refractivity contribution is 7.99. The number of aryl methyl sites for hydroxylation is 1. The fourth-order valence-electron chi connectivity index (χ4n) is 4.16. The zero-order valence-electron chi connectivity index (χ0n) is 17.0. The summed E-state index contributed by atoms with van der Waals surface area (Å²) in [6, 6.07) is 1.96. The monoisotopic (exact) mass is 452 g/mol. The number of halogens is 1. The van der Waals surface area contributed by atoms with E-state index >= 15 is 0 Å². The molecule has 10 heteroatoms. The molecule has 2 fully saturated rings. The SMILES string of the molecule is CCc1[nH]c2nc(Sc3cnc4nccnc4c3)nc(N3CC(C4(N)CC4)C3)c2c1Cl. The van der Waals surface area contributed by atoms with E-state index in [2.05, 4.69) is 31.8 Å². The Bertz CT molecular complexity index is 1310. The smallest absolute Gasteiger partial charge is 0.196 e. The number of anilines is 1. The predicted octanol–water partition coefficient (Wildman–Crippen LogP) is 3.59. The first kappa shape index (κ1) is 19.2. The number of fused-ring (bicyclic) bond motifs is 2. The van der Waals surface area contributed by atoms with Gasteiger partial charge in [-0.05, 0) is 37.1 Å². The fraction of sp³-hybridized carbons (Fsp3) is 0.381. The molecule has 31 heavy (non-hydrogen) atoms. The molecule has 1 aliphatic carbocycles. The quantitative estimate of drug-likeness (QED) is 0.442. The molecule has 0 spiro atoms. The molecule has 1 saturated heterocycles. The van der Waals surface area contributed by atoms with Gasteiger partial charge in [-0.1, -0.05) is 18.5 Å². The minimum atomic E-state index is 0.0224. The van der Waals surface area contributed by atoms with E-state index in [1.165, 1.54) is 11.8 Å². The van der Waals surface area contributed by atoms with Crippen molar-refractivity contribution in [2.24, 2.45) is 11.7 Å². The van der Waals surface area contributed by atoms with E-state index in [1.807, 2.05) is 6.07 Å². The van der Waals surface area contributed by atoms with Crippen LogP contribution in [0.3, 0.4) is 0 Å². The molecule has 3 N–H and O–H groups in total. The number of H-pyrrole nitrogens is 1. The van der Waals surface area contributed by atoms with Gasteiger partial charge >= 0.3 is 0 Å². The zero-order chi connectivity index (χ0) is 21.2. The molecule has 1 saturated carbocycles. The van der Waals surface area contributed by atoms with Gasteiger partial charge in [-0.15, -0.1) is 0 Å². The maximum absolute atomic E-state index is 6.71. The number of nitrogens with zero attached hydrogens (tertiary/aromatic N) is 6. The molecule has 4 aromatic rings. The van der Waals surface area contributed by atoms with Gasteiger partial charge in [-0.2, -0.15) is 0 Å². The maximum atomic E-state index is 6.71. The third kappa shape index (κ3) is 3.22. The molecule has 5 heterocycles. The third-order valence-corrected chi connectivity index (χ3v) is 7.55. The predicted molar refractivity (Wildman–Crippen MR) is 122 cm³/mol. The van der Waals surface area contributed by atoms with Crippen molar-refractivity contribution in [2.75, 3.05) is 18.0 Å². The van der Waals surface area contributed by atoms with Crippen LogP contribution in [-0.4, -0.2) is 48.5 Å². The van der Waals surface area contributed by atoms with Crippen LogP contribution in [0.4, 0.5) is 5.82 Å². The normalized spacial score (nSPS) is 18.0. The second kappa shape index (κ2) is 7.01. The van der Waals surface area contributed by atoms with Crippen LogP contribution in [0.2, 0.25) is 5.02 Å². The van der Waals surface area contributed by atoms with Gasteiger partial charge < -0.3 is 15.6 Å². The van der Waals surface area contributed by atoms with E-state index < -0.39 is 0 Å². The zero-order valence-corrected chi connectivity index (χ0v) is 18.5. The number of rotatable bonds is 5. The molecule has 8 nitrogen and oxygen atoms in total. The second-order valence-corrected chi connectivity index (χ2v) is 9.75. The van der Waals surface area contributed by atoms with E-state index in [9.17, 15) is 0 Å². The van der Waals surface area contributed by atoms with Crippen molar-refractivity contribution in [3.63, 3.8) is 0 Å². The van der Waals surface area contributed by atoms with Gasteiger partial charge in [0.1, 0.15) is 17.0 Å². The topological polar surface area (TPSA) is 109 Å². The Morgan fingerprint density at radius 1 is 1.23 bits per heavy atom. The summed E-state index contributed by atoms with van der Waals surface area (Å²) in [5.74, 6) is 1.39. The molecule has 0 aromatic carbocycles. The van der Waals surface area contributed by atoms with Crippen LogP contribution in [0.1, 0.15) is 25.5 Å². The molecule has 0 amide bonds. The lowest BCUT2D eigenvalue weighted by atomic mass is 9.90. The Kier molecular flexibility index (Phi) is 4.35. The van der Waals surface area contributed by atoms with Gasteiger partial charge in [0, 0.05) is 53.7 Å². The van der Waals surface area contributed by atoms with Crippen molar-refractivity contribution >= 4 is 51.4 Å². The average Bonchev–Trinajstić information content (AvgIpc) is 3.39. The number of hydrogen-bond acceptors (Lipinski definition) is 8. The highest BCUT2D eigenvalue weighted by Gasteiger charge is 2.51. The lowest BCUT2D eigenvalue weighted by Gasteiger charge is -2.43. The summed E-state index contributed by atoms with van der Waals surface area (Å²) in [7, 11) is 0. The van der Waals surface area contributed by atoms with E-state index in [-0.39, 0.29) is 5.54 Å². The van der Waals surface area contributed by atoms with Crippen LogP contribution in [0.5, 0.6) is 0 Å². The van der Waals surface area contributed by atoms with Crippen molar-refractivity contribution in [3.8, 4) is 0 Å². The largest absolute Gasteiger partial charge is 0.355 e. The molecule has 2 aliphatic rings. The molecule has 6 rings (SSSR count). The first-order chi connectivity index (χ1) is 15.0. The van der Waals surface area contributed by atoms with E-state index in [4.69, 9.17) is 27.3 Å². The first-order valence-corrected chi connectivity index (χ1v) is 11.6. The Balaban J connectivity index is 1.38. The summed E-state index contributed by atoms with van der Waals surface area (Å²) in [6.07, 6.45) is 8.12. The minimum absolute atomic E-state index is 0.0224. The van der Waals surface area contributed by atoms with E-state index in [1.54, 1.807) is 18.6 Å². The highest BCUT2D eigenvalue weighted by atomic mass is 35.5. The van der Waals surface area contributed by atoms with Crippen LogP contribution >= 0.6 is 23.4 Å². The summed E-state index contributed by atoms with van der Waals surface area (Å²) in [5.41, 5.74) is 9.55. The van der Waals surface area contributed by atoms with Crippen molar-refractivity contribution in [1.82, 2.24) is 29.9 Å². The number of pyridine rings is 1. The summed E-state index contributed by atoms with van der Waals surface area (Å²) < 4.78 is 0. The Morgan fingerprint density at radius 2 is 2.03 bits per heavy atom. The number of nitrogens with one attached hydrogen (secondary N) is 1. The summed E-state index contributed by atoms with van der Waals surface area (Å²) in [4.78, 5) is 29.2. The Labute approximate surface area is 188 Å². The first-order valence-electron chi connectivity index (χ1n) is 10.4. The molecule has 4 aromatic heterocycles. The number of aromatic amines is 1. The van der Waals surface area contributed by atoms with Gasteiger partial charge in [-0.3, -0.25) is 4.98 Å². The van der Waals surface area contributed by atoms with Crippen molar-refractivity contribution < 1.29 is 0 Å². The van der Waals surface area contributed by atoms with Gasteiger partial charge in [0.15, 0.2) is 10.8 Å². The minimum Gasteiger partial charge on any atom is -0.355 e. The molecular weight excluding hydrogens is 432 g/mol. The average molecular weight is 453 g/mol. The van der Waals surface area contributed by atoms with E-state index in [0.717, 1.165) is 65.3 Å². The van der Waals surface area contributed by atoms with Crippen molar-refractivity contribution in [1.29, 1.82) is 0 Å². The molecule has 0 radical (unpaired) electrons. The lowest BCUT2D eigenvalue weighted by molar-refractivity contribution is 0.322. The van der Waals surface area contributed by atoms with Crippen LogP contribution < -0.4 is 10.6 Å². The van der Waals surface area contributed by atoms with Crippen LogP contribution in [0.25, 0.3) is 22.2 Å². The van der Waals surface area contributed by atoms with Crippen molar-refractivity contribution in [3.05, 3.63) is 35.4 Å². The van der Waals surface area contributed by atoms with Gasteiger partial charge in [0.2, 0.25) is 0 Å². The Hall–Kier alpha value is -2.49. The maximum Gasteiger partial charge on any atom is 0.196 e. The Morgan fingerprint density at radius 3 is 2.81 bits per heavy atom. The highest BCUT2D eigenvalue weighted by Crippen LogP contribution is 2.46. The molecule has 158 valence electrons. The van der Waals surface area contributed by atoms with Gasteiger partial charge in [0.25, 0.3) is 0 Å². The number of aromatic nitrogens is 6. The number of hydrogen-bond donors (Lipinski definition) is 2.